The number of carbonyl (C=O) groups is 1. The monoisotopic (exact) mass is 304 g/mol. The Balaban J connectivity index is 1.98. The van der Waals surface area contributed by atoms with E-state index in [4.69, 9.17) is 0 Å². The van der Waals surface area contributed by atoms with Gasteiger partial charge < -0.3 is 10.6 Å². The minimum Gasteiger partial charge on any atom is -0.352 e. The highest BCUT2D eigenvalue weighted by molar-refractivity contribution is 5.78. The second kappa shape index (κ2) is 6.05. The molecule has 0 saturated carbocycles. The Hall–Kier alpha value is -1.57. The fraction of sp³-hybridized carbons (Fsp3) is 0.692. The van der Waals surface area contributed by atoms with Crippen molar-refractivity contribution in [3.05, 3.63) is 17.5 Å². The van der Waals surface area contributed by atoms with Crippen LogP contribution in [-0.4, -0.2) is 28.3 Å². The Morgan fingerprint density at radius 3 is 2.90 bits per heavy atom. The molecule has 118 valence electrons. The second-order valence-electron chi connectivity index (χ2n) is 5.47. The molecule has 1 aliphatic heterocycles. The first-order chi connectivity index (χ1) is 9.77. The van der Waals surface area contributed by atoms with Crippen molar-refractivity contribution in [2.45, 2.75) is 38.5 Å². The number of rotatable bonds is 3. The molecule has 2 rings (SSSR count). The van der Waals surface area contributed by atoms with Gasteiger partial charge in [0.1, 0.15) is 0 Å². The van der Waals surface area contributed by atoms with Crippen LogP contribution in [0, 0.1) is 5.92 Å². The number of hydrogen-bond donors (Lipinski definition) is 2. The van der Waals surface area contributed by atoms with Crippen molar-refractivity contribution >= 4 is 5.91 Å². The van der Waals surface area contributed by atoms with Crippen molar-refractivity contribution in [2.24, 2.45) is 13.0 Å². The number of amides is 1. The Morgan fingerprint density at radius 2 is 2.29 bits per heavy atom. The Bertz CT molecular complexity index is 512. The minimum absolute atomic E-state index is 0.0136. The minimum atomic E-state index is -4.51. The Morgan fingerprint density at radius 1 is 1.57 bits per heavy atom. The molecule has 0 aliphatic carbocycles. The van der Waals surface area contributed by atoms with Crippen LogP contribution in [0.5, 0.6) is 0 Å². The van der Waals surface area contributed by atoms with E-state index in [0.29, 0.717) is 12.8 Å². The number of aryl methyl sites for hydroxylation is 1. The third-order valence-corrected chi connectivity index (χ3v) is 3.62. The lowest BCUT2D eigenvalue weighted by Crippen LogP contribution is -2.42. The molecule has 5 nitrogen and oxygen atoms in total. The number of nitrogens with zero attached hydrogens (tertiary/aromatic N) is 2. The van der Waals surface area contributed by atoms with Gasteiger partial charge in [0.2, 0.25) is 5.91 Å². The predicted molar refractivity (Wildman–Crippen MR) is 70.2 cm³/mol. The normalized spacial score (nSPS) is 23.1. The fourth-order valence-electron chi connectivity index (χ4n) is 2.60. The molecule has 1 fully saturated rings. The smallest absolute Gasteiger partial charge is 0.352 e. The summed E-state index contributed by atoms with van der Waals surface area (Å²) >= 11 is 0. The first-order valence-electron chi connectivity index (χ1n) is 6.88. The average molecular weight is 304 g/mol. The van der Waals surface area contributed by atoms with Crippen LogP contribution in [0.4, 0.5) is 13.2 Å². The van der Waals surface area contributed by atoms with Crippen LogP contribution >= 0.6 is 0 Å². The summed E-state index contributed by atoms with van der Waals surface area (Å²) in [5.74, 6) is -0.340. The maximum atomic E-state index is 12.8. The lowest BCUT2D eigenvalue weighted by atomic mass is 9.92. The predicted octanol–water partition coefficient (Wildman–Crippen LogP) is 1.44. The van der Waals surface area contributed by atoms with Crippen LogP contribution in [-0.2, 0) is 24.6 Å². The molecule has 2 N–H and O–H groups in total. The highest BCUT2D eigenvalue weighted by Gasteiger charge is 2.37. The van der Waals surface area contributed by atoms with E-state index in [2.05, 4.69) is 15.7 Å². The van der Waals surface area contributed by atoms with E-state index in [-0.39, 0.29) is 30.0 Å². The van der Waals surface area contributed by atoms with Crippen LogP contribution in [0.15, 0.2) is 6.20 Å². The molecule has 1 aliphatic rings. The third-order valence-electron chi connectivity index (χ3n) is 3.62. The Labute approximate surface area is 120 Å². The topological polar surface area (TPSA) is 59.0 Å². The summed E-state index contributed by atoms with van der Waals surface area (Å²) in [5.41, 5.74) is -0.954. The molecule has 0 spiro atoms. The van der Waals surface area contributed by atoms with Gasteiger partial charge in [0.25, 0.3) is 0 Å². The molecular weight excluding hydrogens is 285 g/mol. The first-order valence-corrected chi connectivity index (χ1v) is 6.88. The van der Waals surface area contributed by atoms with Crippen molar-refractivity contribution in [3.8, 4) is 0 Å². The molecular formula is C13H19F3N4O. The van der Waals surface area contributed by atoms with E-state index < -0.39 is 11.9 Å². The van der Waals surface area contributed by atoms with E-state index in [9.17, 15) is 18.0 Å². The number of hydrogen-bond acceptors (Lipinski definition) is 3. The van der Waals surface area contributed by atoms with Gasteiger partial charge in [-0.3, -0.25) is 9.48 Å². The summed E-state index contributed by atoms with van der Waals surface area (Å²) < 4.78 is 39.5. The quantitative estimate of drug-likeness (QED) is 0.888. The summed E-state index contributed by atoms with van der Waals surface area (Å²) in [5, 5.41) is 9.24. The standard InChI is InChI=1S/C13H19F3N4O/c1-8-5-9(3-4-17-8)12(21)18-6-10-7-20(2)19-11(10)13(14,15)16/h7-9,17H,3-6H2,1-2H3,(H,18,21)/t8-,9-/m0/s1. The van der Waals surface area contributed by atoms with E-state index in [0.717, 1.165) is 11.2 Å². The number of alkyl halides is 3. The molecule has 21 heavy (non-hydrogen) atoms. The number of halogens is 3. The van der Waals surface area contributed by atoms with Crippen molar-refractivity contribution in [3.63, 3.8) is 0 Å². The van der Waals surface area contributed by atoms with Crippen LogP contribution < -0.4 is 10.6 Å². The van der Waals surface area contributed by atoms with Gasteiger partial charge in [-0.2, -0.15) is 18.3 Å². The second-order valence-corrected chi connectivity index (χ2v) is 5.47. The molecule has 8 heteroatoms. The number of aromatic nitrogens is 2. The molecule has 0 unspecified atom stereocenters. The van der Waals surface area contributed by atoms with Gasteiger partial charge in [0.15, 0.2) is 5.69 Å². The largest absolute Gasteiger partial charge is 0.435 e. The zero-order chi connectivity index (χ0) is 15.6. The molecule has 1 amide bonds. The Kier molecular flexibility index (Phi) is 4.55. The van der Waals surface area contributed by atoms with Crippen LogP contribution in [0.3, 0.4) is 0 Å². The zero-order valence-corrected chi connectivity index (χ0v) is 12.0. The van der Waals surface area contributed by atoms with Gasteiger partial charge in [-0.05, 0) is 26.3 Å². The maximum Gasteiger partial charge on any atom is 0.435 e. The summed E-state index contributed by atoms with van der Waals surface area (Å²) in [6.07, 6.45) is -1.82. The molecule has 1 saturated heterocycles. The van der Waals surface area contributed by atoms with Crippen molar-refractivity contribution in [1.29, 1.82) is 0 Å². The molecule has 2 atom stereocenters. The van der Waals surface area contributed by atoms with Crippen LogP contribution in [0.1, 0.15) is 31.0 Å². The first kappa shape index (κ1) is 15.8. The van der Waals surface area contributed by atoms with Crippen LogP contribution in [0.25, 0.3) is 0 Å². The highest BCUT2D eigenvalue weighted by atomic mass is 19.4. The van der Waals surface area contributed by atoms with E-state index in [1.54, 1.807) is 0 Å². The SMILES string of the molecule is C[C@H]1C[C@@H](C(=O)NCc2cn(C)nc2C(F)(F)F)CCN1. The fourth-order valence-corrected chi connectivity index (χ4v) is 2.60. The molecule has 0 aromatic carbocycles. The van der Waals surface area contributed by atoms with Gasteiger partial charge in [-0.1, -0.05) is 0 Å². The lowest BCUT2D eigenvalue weighted by Gasteiger charge is -2.27. The number of carbonyl (C=O) groups excluding carboxylic acids is 1. The summed E-state index contributed by atoms with van der Waals surface area (Å²) in [6.45, 7) is 2.59. The van der Waals surface area contributed by atoms with Gasteiger partial charge in [0.05, 0.1) is 0 Å². The number of piperidine rings is 1. The van der Waals surface area contributed by atoms with Gasteiger partial charge >= 0.3 is 6.18 Å². The molecule has 1 aromatic heterocycles. The highest BCUT2D eigenvalue weighted by Crippen LogP contribution is 2.30. The van der Waals surface area contributed by atoms with E-state index in [1.807, 2.05) is 6.92 Å². The number of nitrogens with one attached hydrogen (secondary N) is 2. The maximum absolute atomic E-state index is 12.8. The average Bonchev–Trinajstić information content (AvgIpc) is 2.77. The molecule has 1 aromatic rings. The molecule has 0 bridgehead atoms. The van der Waals surface area contributed by atoms with Crippen molar-refractivity contribution in [2.75, 3.05) is 6.54 Å². The summed E-state index contributed by atoms with van der Waals surface area (Å²) in [7, 11) is 1.43. The van der Waals surface area contributed by atoms with E-state index in [1.165, 1.54) is 13.2 Å². The van der Waals surface area contributed by atoms with Crippen LogP contribution in [0.2, 0.25) is 0 Å². The third kappa shape index (κ3) is 3.96. The van der Waals surface area contributed by atoms with Gasteiger partial charge in [-0.25, -0.2) is 0 Å². The summed E-state index contributed by atoms with van der Waals surface area (Å²) in [6, 6.07) is 0.249. The molecule has 2 heterocycles. The van der Waals surface area contributed by atoms with E-state index >= 15 is 0 Å². The van der Waals surface area contributed by atoms with Crippen molar-refractivity contribution in [1.82, 2.24) is 20.4 Å². The summed E-state index contributed by atoms with van der Waals surface area (Å²) in [4.78, 5) is 12.0. The van der Waals surface area contributed by atoms with Gasteiger partial charge in [-0.15, -0.1) is 0 Å². The lowest BCUT2D eigenvalue weighted by molar-refractivity contribution is -0.142. The van der Waals surface area contributed by atoms with Gasteiger partial charge in [0, 0.05) is 37.3 Å². The van der Waals surface area contributed by atoms with Crippen molar-refractivity contribution < 1.29 is 18.0 Å². The zero-order valence-electron chi connectivity index (χ0n) is 12.0. The molecule has 0 radical (unpaired) electrons.